The third-order valence-corrected chi connectivity index (χ3v) is 2.38. The Hall–Kier alpha value is -1.88. The van der Waals surface area contributed by atoms with Gasteiger partial charge < -0.3 is 14.8 Å². The molecule has 21 heavy (non-hydrogen) atoms. The fraction of sp³-hybridized carbons (Fsp3) is 0.500. The summed E-state index contributed by atoms with van der Waals surface area (Å²) >= 11 is 0. The molecule has 0 heterocycles. The first kappa shape index (κ1) is 17.2. The Morgan fingerprint density at radius 3 is 2.43 bits per heavy atom. The quantitative estimate of drug-likeness (QED) is 0.620. The lowest BCUT2D eigenvalue weighted by molar-refractivity contribution is -0.155. The first-order chi connectivity index (χ1) is 9.87. The lowest BCUT2D eigenvalue weighted by atomic mass is 10.2. The number of amides is 1. The van der Waals surface area contributed by atoms with E-state index in [2.05, 4.69) is 5.32 Å². The SMILES string of the molecule is CC(C)(C)OC(=O)CCCOCC(=O)Nc1ccccc1. The molecular formula is C16H23NO4. The molecule has 0 unspecified atom stereocenters. The molecule has 116 valence electrons. The summed E-state index contributed by atoms with van der Waals surface area (Å²) in [6.45, 7) is 5.81. The average molecular weight is 293 g/mol. The maximum absolute atomic E-state index is 11.6. The fourth-order valence-electron chi connectivity index (χ4n) is 1.59. The van der Waals surface area contributed by atoms with Crippen molar-refractivity contribution >= 4 is 17.6 Å². The number of esters is 1. The van der Waals surface area contributed by atoms with Gasteiger partial charge in [0.1, 0.15) is 12.2 Å². The number of hydrogen-bond acceptors (Lipinski definition) is 4. The Balaban J connectivity index is 2.09. The third-order valence-electron chi connectivity index (χ3n) is 2.38. The third kappa shape index (κ3) is 8.81. The lowest BCUT2D eigenvalue weighted by Gasteiger charge is -2.19. The molecule has 0 saturated carbocycles. The van der Waals surface area contributed by atoms with Gasteiger partial charge in [-0.05, 0) is 39.3 Å². The number of anilines is 1. The molecule has 0 spiro atoms. The van der Waals surface area contributed by atoms with E-state index in [0.717, 1.165) is 5.69 Å². The molecule has 0 radical (unpaired) electrons. The van der Waals surface area contributed by atoms with Gasteiger partial charge in [-0.3, -0.25) is 9.59 Å². The van der Waals surface area contributed by atoms with Crippen LogP contribution in [0.4, 0.5) is 5.69 Å². The van der Waals surface area contributed by atoms with Crippen LogP contribution in [0, 0.1) is 0 Å². The minimum Gasteiger partial charge on any atom is -0.460 e. The summed E-state index contributed by atoms with van der Waals surface area (Å²) in [5.41, 5.74) is 0.271. The first-order valence-electron chi connectivity index (χ1n) is 7.01. The van der Waals surface area contributed by atoms with Crippen LogP contribution in [0.2, 0.25) is 0 Å². The summed E-state index contributed by atoms with van der Waals surface area (Å²) in [7, 11) is 0. The van der Waals surface area contributed by atoms with E-state index >= 15 is 0 Å². The highest BCUT2D eigenvalue weighted by molar-refractivity contribution is 5.91. The van der Waals surface area contributed by atoms with Crippen molar-refractivity contribution in [1.82, 2.24) is 0 Å². The highest BCUT2D eigenvalue weighted by Gasteiger charge is 2.15. The Labute approximate surface area is 125 Å². The van der Waals surface area contributed by atoms with Crippen molar-refractivity contribution in [1.29, 1.82) is 0 Å². The van der Waals surface area contributed by atoms with Crippen LogP contribution in [-0.4, -0.2) is 30.7 Å². The predicted molar refractivity (Wildman–Crippen MR) is 81.0 cm³/mol. The summed E-state index contributed by atoms with van der Waals surface area (Å²) in [6, 6.07) is 9.18. The fourth-order valence-corrected chi connectivity index (χ4v) is 1.59. The highest BCUT2D eigenvalue weighted by Crippen LogP contribution is 2.09. The van der Waals surface area contributed by atoms with Gasteiger partial charge >= 0.3 is 5.97 Å². The Kier molecular flexibility index (Phi) is 6.88. The number of carbonyl (C=O) groups excluding carboxylic acids is 2. The minimum absolute atomic E-state index is 0.0246. The summed E-state index contributed by atoms with van der Waals surface area (Å²) in [4.78, 5) is 23.0. The van der Waals surface area contributed by atoms with Gasteiger partial charge in [0.25, 0.3) is 0 Å². The molecule has 1 rings (SSSR count). The standard InChI is InChI=1S/C16H23NO4/c1-16(2,3)21-15(19)10-7-11-20-12-14(18)17-13-8-5-4-6-9-13/h4-6,8-9H,7,10-12H2,1-3H3,(H,17,18). The number of rotatable bonds is 7. The maximum Gasteiger partial charge on any atom is 0.306 e. The van der Waals surface area contributed by atoms with Crippen molar-refractivity contribution in [2.45, 2.75) is 39.2 Å². The average Bonchev–Trinajstić information content (AvgIpc) is 2.37. The summed E-state index contributed by atoms with van der Waals surface area (Å²) in [6.07, 6.45) is 0.825. The van der Waals surface area contributed by atoms with E-state index in [1.165, 1.54) is 0 Å². The van der Waals surface area contributed by atoms with Gasteiger partial charge in [-0.2, -0.15) is 0 Å². The van der Waals surface area contributed by atoms with Gasteiger partial charge in [-0.25, -0.2) is 0 Å². The summed E-state index contributed by atoms with van der Waals surface area (Å²) < 4.78 is 10.4. The molecule has 0 fully saturated rings. The molecule has 0 aliphatic carbocycles. The van der Waals surface area contributed by atoms with Crippen LogP contribution in [-0.2, 0) is 19.1 Å². The molecule has 0 aliphatic rings. The second kappa shape index (κ2) is 8.42. The number of hydrogen-bond donors (Lipinski definition) is 1. The lowest BCUT2D eigenvalue weighted by Crippen LogP contribution is -2.24. The van der Waals surface area contributed by atoms with Crippen molar-refractivity contribution in [3.05, 3.63) is 30.3 Å². The van der Waals surface area contributed by atoms with Gasteiger partial charge in [0.05, 0.1) is 0 Å². The van der Waals surface area contributed by atoms with E-state index in [9.17, 15) is 9.59 Å². The van der Waals surface area contributed by atoms with Crippen molar-refractivity contribution in [3.8, 4) is 0 Å². The molecular weight excluding hydrogens is 270 g/mol. The van der Waals surface area contributed by atoms with Crippen LogP contribution in [0.5, 0.6) is 0 Å². The number of para-hydroxylation sites is 1. The topological polar surface area (TPSA) is 64.6 Å². The maximum atomic E-state index is 11.6. The second-order valence-corrected chi connectivity index (χ2v) is 5.66. The van der Waals surface area contributed by atoms with Gasteiger partial charge in [-0.15, -0.1) is 0 Å². The van der Waals surface area contributed by atoms with E-state index in [4.69, 9.17) is 9.47 Å². The van der Waals surface area contributed by atoms with E-state index in [0.29, 0.717) is 13.0 Å². The molecule has 0 aliphatic heterocycles. The van der Waals surface area contributed by atoms with E-state index in [1.54, 1.807) is 12.1 Å². The Morgan fingerprint density at radius 1 is 1.14 bits per heavy atom. The molecule has 0 saturated heterocycles. The minimum atomic E-state index is -0.465. The van der Waals surface area contributed by atoms with Gasteiger partial charge in [0.2, 0.25) is 5.91 Å². The molecule has 1 aromatic rings. The number of benzene rings is 1. The van der Waals surface area contributed by atoms with E-state index in [-0.39, 0.29) is 24.9 Å². The van der Waals surface area contributed by atoms with Crippen LogP contribution in [0.3, 0.4) is 0 Å². The predicted octanol–water partition coefficient (Wildman–Crippen LogP) is 2.76. The Morgan fingerprint density at radius 2 is 1.81 bits per heavy atom. The number of ether oxygens (including phenoxy) is 2. The van der Waals surface area contributed by atoms with Crippen LogP contribution < -0.4 is 5.32 Å². The normalized spacial score (nSPS) is 11.0. The number of nitrogens with one attached hydrogen (secondary N) is 1. The summed E-state index contributed by atoms with van der Waals surface area (Å²) in [5, 5.41) is 2.72. The number of carbonyl (C=O) groups is 2. The zero-order chi connectivity index (χ0) is 15.7. The van der Waals surface area contributed by atoms with Crippen LogP contribution >= 0.6 is 0 Å². The van der Waals surface area contributed by atoms with Crippen molar-refractivity contribution in [3.63, 3.8) is 0 Å². The van der Waals surface area contributed by atoms with Crippen LogP contribution in [0.25, 0.3) is 0 Å². The molecule has 1 amide bonds. The monoisotopic (exact) mass is 293 g/mol. The first-order valence-corrected chi connectivity index (χ1v) is 7.01. The summed E-state index contributed by atoms with van der Waals surface area (Å²) in [5.74, 6) is -0.460. The second-order valence-electron chi connectivity index (χ2n) is 5.66. The van der Waals surface area contributed by atoms with Crippen molar-refractivity contribution < 1.29 is 19.1 Å². The molecule has 1 N–H and O–H groups in total. The zero-order valence-corrected chi connectivity index (χ0v) is 12.8. The Bertz CT molecular complexity index is 451. The van der Waals surface area contributed by atoms with Crippen molar-refractivity contribution in [2.24, 2.45) is 0 Å². The van der Waals surface area contributed by atoms with Gasteiger partial charge in [0, 0.05) is 18.7 Å². The molecule has 5 nitrogen and oxygen atoms in total. The highest BCUT2D eigenvalue weighted by atomic mass is 16.6. The van der Waals surface area contributed by atoms with E-state index < -0.39 is 5.60 Å². The zero-order valence-electron chi connectivity index (χ0n) is 12.8. The smallest absolute Gasteiger partial charge is 0.306 e. The molecule has 0 atom stereocenters. The van der Waals surface area contributed by atoms with Gasteiger partial charge in [0.15, 0.2) is 0 Å². The molecule has 1 aromatic carbocycles. The molecule has 5 heteroatoms. The van der Waals surface area contributed by atoms with Crippen LogP contribution in [0.15, 0.2) is 30.3 Å². The molecule has 0 bridgehead atoms. The van der Waals surface area contributed by atoms with Crippen LogP contribution in [0.1, 0.15) is 33.6 Å². The van der Waals surface area contributed by atoms with Crippen molar-refractivity contribution in [2.75, 3.05) is 18.5 Å². The molecule has 0 aromatic heterocycles. The van der Waals surface area contributed by atoms with E-state index in [1.807, 2.05) is 39.0 Å². The van der Waals surface area contributed by atoms with Gasteiger partial charge in [-0.1, -0.05) is 18.2 Å². The largest absolute Gasteiger partial charge is 0.460 e.